The van der Waals surface area contributed by atoms with Gasteiger partial charge < -0.3 is 45.4 Å². The van der Waals surface area contributed by atoms with Crippen molar-refractivity contribution < 1.29 is 86.4 Å². The number of aliphatic hydroxyl groups excluding tert-OH is 3. The summed E-state index contributed by atoms with van der Waals surface area (Å²) in [5.74, 6) is -3.68. The molecule has 9 atom stereocenters. The molecular formula is C47H72ClNO18S. The number of hydrogen-bond donors (Lipinski definition) is 9. The third-order valence-electron chi connectivity index (χ3n) is 12.9. The van der Waals surface area contributed by atoms with Crippen LogP contribution in [0, 0.1) is 28.6 Å². The number of aliphatic carboxylic acids is 2. The van der Waals surface area contributed by atoms with Crippen LogP contribution < -0.4 is 5.32 Å². The summed E-state index contributed by atoms with van der Waals surface area (Å²) in [6.07, 6.45) is 5.97. The number of ketones is 2. The fourth-order valence-corrected chi connectivity index (χ4v) is 9.99. The van der Waals surface area contributed by atoms with E-state index in [0.29, 0.717) is 36.9 Å². The zero-order valence-corrected chi connectivity index (χ0v) is 42.1. The number of carbonyl (C=O) groups excluding carboxylic acids is 4. The van der Waals surface area contributed by atoms with Gasteiger partial charge in [0, 0.05) is 60.1 Å². The molecule has 4 aliphatic carbocycles. The summed E-state index contributed by atoms with van der Waals surface area (Å²) in [7, 11) is -4.67. The van der Waals surface area contributed by atoms with Gasteiger partial charge in [-0.2, -0.15) is 8.42 Å². The second-order valence-corrected chi connectivity index (χ2v) is 20.1. The first kappa shape index (κ1) is 61.7. The number of esters is 2. The lowest BCUT2D eigenvalue weighted by Gasteiger charge is -2.64. The van der Waals surface area contributed by atoms with Crippen molar-refractivity contribution in [1.29, 1.82) is 0 Å². The van der Waals surface area contributed by atoms with E-state index in [1.54, 1.807) is 45.9 Å². The lowest BCUT2D eigenvalue weighted by atomic mass is 9.45. The number of aromatic hydroxyl groups is 1. The number of allylic oxidation sites excluding steroid dienone is 4. The van der Waals surface area contributed by atoms with Gasteiger partial charge in [-0.3, -0.25) is 37.9 Å². The smallest absolute Gasteiger partial charge is 0.394 e. The molecule has 5 rings (SSSR count). The van der Waals surface area contributed by atoms with E-state index in [1.807, 2.05) is 47.6 Å². The van der Waals surface area contributed by atoms with Crippen molar-refractivity contribution in [3.63, 3.8) is 0 Å². The number of carbonyl (C=O) groups is 6. The number of halogens is 1. The molecular weight excluding hydrogens is 934 g/mol. The van der Waals surface area contributed by atoms with Crippen LogP contribution in [0.4, 0.5) is 0 Å². The number of ether oxygens (including phenoxy) is 2. The molecule has 0 heterocycles. The largest absolute Gasteiger partial charge is 0.508 e. The summed E-state index contributed by atoms with van der Waals surface area (Å²) < 4.78 is 42.9. The fraction of sp³-hybridized carbons (Fsp3) is 0.660. The lowest BCUT2D eigenvalue weighted by molar-refractivity contribution is -0.203. The maximum Gasteiger partial charge on any atom is 0.394 e. The van der Waals surface area contributed by atoms with Crippen LogP contribution in [0.15, 0.2) is 42.0 Å². The molecule has 0 spiro atoms. The van der Waals surface area contributed by atoms with E-state index < -0.39 is 80.2 Å². The highest BCUT2D eigenvalue weighted by molar-refractivity contribution is 7.79. The monoisotopic (exact) mass is 1010 g/mol. The third-order valence-corrected chi connectivity index (χ3v) is 13.8. The standard InChI is InChI=1S/C28H37ClO7.C13H21NO3.2C3H6O2.H2O4S/c1-6-23(33)35-15-22(32)28(36-24(34)7-2)16(3)12-20-19-9-8-17-13-18(30)10-11-25(17,4)27(19,29)21(31)14-26(20,28)5;1-13(2,3)14-7-12(17)9-4-5-11(16)10(6-9)8-15;2*1-2-3(4)5;1-5(2,3)4/h10-11,13,16,19-21,31H,6-9,12,14-15H2,1-5H3;4-6,12,14-17H,7-8H2,1-3H3;2*2H2,1H3,(H,4,5);(H2,1,2,3,4)/t16-,19-,20-,21-,25-,26-,27?,28-;;;;/m0..../s1. The van der Waals surface area contributed by atoms with Gasteiger partial charge in [0.1, 0.15) is 5.75 Å². The Bertz CT molecular complexity index is 2100. The first-order valence-electron chi connectivity index (χ1n) is 22.4. The van der Waals surface area contributed by atoms with E-state index in [4.69, 9.17) is 53.9 Å². The Labute approximate surface area is 403 Å². The van der Waals surface area contributed by atoms with Gasteiger partial charge in [-0.05, 0) is 88.1 Å². The van der Waals surface area contributed by atoms with Crippen molar-refractivity contribution in [2.75, 3.05) is 13.2 Å². The number of hydrogen-bond acceptors (Lipinski definition) is 15. The van der Waals surface area contributed by atoms with Gasteiger partial charge in [0.2, 0.25) is 5.78 Å². The van der Waals surface area contributed by atoms with Crippen molar-refractivity contribution in [2.45, 2.75) is 155 Å². The predicted octanol–water partition coefficient (Wildman–Crippen LogP) is 5.70. The number of nitrogens with one attached hydrogen (secondary N) is 1. The second-order valence-electron chi connectivity index (χ2n) is 18.5. The molecule has 19 nitrogen and oxygen atoms in total. The van der Waals surface area contributed by atoms with Crippen LogP contribution in [0.1, 0.15) is 138 Å². The van der Waals surface area contributed by atoms with E-state index in [9.17, 15) is 44.1 Å². The van der Waals surface area contributed by atoms with Crippen LogP contribution >= 0.6 is 11.6 Å². The number of carboxylic acid groups (broad SMARTS) is 2. The number of rotatable bonds is 12. The molecule has 0 amide bonds. The minimum absolute atomic E-state index is 0.0484. The summed E-state index contributed by atoms with van der Waals surface area (Å²) in [6, 6.07) is 4.76. The van der Waals surface area contributed by atoms with Gasteiger partial charge in [-0.1, -0.05) is 66.2 Å². The zero-order chi connectivity index (χ0) is 52.8. The molecule has 1 aromatic rings. The molecule has 0 aromatic heterocycles. The number of aliphatic hydroxyl groups is 3. The van der Waals surface area contributed by atoms with Gasteiger partial charge in [-0.25, -0.2) is 0 Å². The summed E-state index contributed by atoms with van der Waals surface area (Å²) in [5, 5.41) is 58.8. The first-order chi connectivity index (χ1) is 31.2. The Morgan fingerprint density at radius 2 is 1.47 bits per heavy atom. The van der Waals surface area contributed by atoms with Crippen LogP contribution in [0.3, 0.4) is 0 Å². The molecule has 4 aliphatic rings. The number of benzene rings is 1. The Morgan fingerprint density at radius 1 is 0.941 bits per heavy atom. The quantitative estimate of drug-likeness (QED) is 0.0688. The molecule has 9 N–H and O–H groups in total. The van der Waals surface area contributed by atoms with E-state index in [-0.39, 0.29) is 73.5 Å². The van der Waals surface area contributed by atoms with Crippen LogP contribution in [-0.2, 0) is 55.2 Å². The third kappa shape index (κ3) is 15.6. The van der Waals surface area contributed by atoms with Crippen LogP contribution in [0.2, 0.25) is 0 Å². The van der Waals surface area contributed by atoms with Gasteiger partial charge in [-0.15, -0.1) is 11.6 Å². The van der Waals surface area contributed by atoms with Gasteiger partial charge in [0.05, 0.1) is 23.7 Å². The normalized spacial score (nSPS) is 28.2. The van der Waals surface area contributed by atoms with Crippen molar-refractivity contribution >= 4 is 57.4 Å². The Kier molecular flexibility index (Phi) is 23.2. The van der Waals surface area contributed by atoms with E-state index >= 15 is 0 Å². The minimum atomic E-state index is -4.67. The summed E-state index contributed by atoms with van der Waals surface area (Å²) in [5.41, 5.74) is -1.21. The average molecular weight is 1010 g/mol. The number of fused-ring (bicyclic) bond motifs is 5. The van der Waals surface area contributed by atoms with Gasteiger partial charge in [0.15, 0.2) is 18.0 Å². The maximum atomic E-state index is 13.9. The SMILES string of the molecule is CC(C)(C)NCC(O)c1ccc(O)c(CO)c1.CCC(=O)O.CCC(=O)O.CCC(=O)OCC(=O)[C@@]1(OC(=O)CC)[C@@H](C)C[C@H]2[C@@H]3CCC4=CC(=O)C=C[C@]4(C)C3(Cl)[C@@H](O)C[C@@]21C.O=S(=O)(O)O. The summed E-state index contributed by atoms with van der Waals surface area (Å²) in [6.45, 7) is 18.1. The molecule has 0 radical (unpaired) electrons. The van der Waals surface area contributed by atoms with Crippen molar-refractivity contribution in [3.05, 3.63) is 53.1 Å². The molecule has 3 saturated carbocycles. The van der Waals surface area contributed by atoms with Crippen molar-refractivity contribution in [1.82, 2.24) is 5.32 Å². The average Bonchev–Trinajstić information content (AvgIpc) is 3.47. The first-order valence-corrected chi connectivity index (χ1v) is 24.2. The highest BCUT2D eigenvalue weighted by atomic mass is 35.5. The van der Waals surface area contributed by atoms with Crippen LogP contribution in [0.25, 0.3) is 0 Å². The summed E-state index contributed by atoms with van der Waals surface area (Å²) in [4.78, 5) is 68.2. The molecule has 21 heteroatoms. The van der Waals surface area contributed by atoms with Crippen molar-refractivity contribution in [2.24, 2.45) is 28.6 Å². The lowest BCUT2D eigenvalue weighted by Crippen LogP contribution is -2.69. The van der Waals surface area contributed by atoms with E-state index in [1.165, 1.54) is 12.1 Å². The second kappa shape index (κ2) is 25.5. The van der Waals surface area contributed by atoms with Crippen molar-refractivity contribution in [3.8, 4) is 5.75 Å². The van der Waals surface area contributed by atoms with E-state index in [2.05, 4.69) is 5.32 Å². The zero-order valence-electron chi connectivity index (χ0n) is 40.6. The van der Waals surface area contributed by atoms with Gasteiger partial charge >= 0.3 is 34.3 Å². The predicted molar refractivity (Wildman–Crippen MR) is 250 cm³/mol. The molecule has 0 aliphatic heterocycles. The highest BCUT2D eigenvalue weighted by Gasteiger charge is 2.76. The van der Waals surface area contributed by atoms with E-state index in [0.717, 1.165) is 5.57 Å². The molecule has 0 saturated heterocycles. The molecule has 386 valence electrons. The number of Topliss-reactive ketones (excluding diaryl/α,β-unsaturated/α-hetero) is 1. The number of phenols is 1. The molecule has 1 aromatic carbocycles. The molecule has 3 fully saturated rings. The Hall–Kier alpha value is -4.28. The molecule has 2 unspecified atom stereocenters. The topological polar surface area (TPSA) is 329 Å². The van der Waals surface area contributed by atoms with Crippen LogP contribution in [-0.4, -0.2) is 119 Å². The Morgan fingerprint density at radius 3 is 1.94 bits per heavy atom. The van der Waals surface area contributed by atoms with Crippen LogP contribution in [0.5, 0.6) is 5.75 Å². The number of alkyl halides is 1. The highest BCUT2D eigenvalue weighted by Crippen LogP contribution is 2.72. The Balaban J connectivity index is 0.000000592. The molecule has 0 bridgehead atoms. The minimum Gasteiger partial charge on any atom is -0.508 e. The number of carboxylic acids is 2. The number of β-amino-alcohol motifs (C(OH)–C–C–N with tert-alkyl or cyclic N) is 1. The molecule has 68 heavy (non-hydrogen) atoms. The summed E-state index contributed by atoms with van der Waals surface area (Å²) >= 11 is 7.48. The van der Waals surface area contributed by atoms with Gasteiger partial charge in [0.25, 0.3) is 0 Å². The fourth-order valence-electron chi connectivity index (χ4n) is 9.47. The maximum absolute atomic E-state index is 13.9.